The number of aromatic nitrogens is 4. The van der Waals surface area contributed by atoms with E-state index in [9.17, 15) is 14.7 Å². The number of fused-ring (bicyclic) bond motifs is 1. The molecule has 0 unspecified atom stereocenters. The van der Waals surface area contributed by atoms with Crippen LogP contribution in [0.2, 0.25) is 10.0 Å². The predicted molar refractivity (Wildman–Crippen MR) is 137 cm³/mol. The molecule has 0 aliphatic carbocycles. The molecule has 0 spiro atoms. The lowest BCUT2D eigenvalue weighted by Gasteiger charge is -2.27. The van der Waals surface area contributed by atoms with E-state index in [4.69, 9.17) is 38.7 Å². The molecule has 12 heteroatoms. The molecule has 10 nitrogen and oxygen atoms in total. The Balaban J connectivity index is 1.59. The van der Waals surface area contributed by atoms with Crippen molar-refractivity contribution < 1.29 is 14.6 Å². The van der Waals surface area contributed by atoms with Crippen molar-refractivity contribution in [3.63, 3.8) is 0 Å². The van der Waals surface area contributed by atoms with Crippen molar-refractivity contribution in [1.82, 2.24) is 19.5 Å². The monoisotopic (exact) mass is 526 g/mol. The minimum atomic E-state index is -1.36. The fraction of sp³-hybridized carbons (Fsp3) is 0.208. The second kappa shape index (κ2) is 9.63. The summed E-state index contributed by atoms with van der Waals surface area (Å²) in [4.78, 5) is 39.8. The molecule has 0 bridgehead atoms. The van der Waals surface area contributed by atoms with Crippen LogP contribution in [0.25, 0.3) is 16.7 Å². The van der Waals surface area contributed by atoms with Crippen LogP contribution in [0.4, 0.5) is 11.6 Å². The average molecular weight is 527 g/mol. The van der Waals surface area contributed by atoms with Crippen LogP contribution in [0, 0.1) is 0 Å². The number of hydrogen-bond acceptors (Lipinski definition) is 8. The van der Waals surface area contributed by atoms with Crippen LogP contribution < -0.4 is 20.8 Å². The van der Waals surface area contributed by atoms with Gasteiger partial charge in [-0.1, -0.05) is 23.2 Å². The zero-order chi connectivity index (χ0) is 25.4. The van der Waals surface area contributed by atoms with Crippen LogP contribution in [0.15, 0.2) is 53.7 Å². The summed E-state index contributed by atoms with van der Waals surface area (Å²) in [5, 5.41) is 10.3. The van der Waals surface area contributed by atoms with Crippen LogP contribution in [0.5, 0.6) is 5.88 Å². The molecule has 0 saturated carbocycles. The third-order valence-electron chi connectivity index (χ3n) is 5.98. The van der Waals surface area contributed by atoms with Crippen LogP contribution >= 0.6 is 23.2 Å². The Kier molecular flexibility index (Phi) is 6.38. The van der Waals surface area contributed by atoms with E-state index in [0.29, 0.717) is 41.4 Å². The lowest BCUT2D eigenvalue weighted by atomic mass is 10.1. The summed E-state index contributed by atoms with van der Waals surface area (Å²) in [6.07, 6.45) is 6.02. The maximum absolute atomic E-state index is 13.0. The number of carbonyl (C=O) groups is 1. The van der Waals surface area contributed by atoms with Gasteiger partial charge in [-0.2, -0.15) is 0 Å². The molecule has 1 aliphatic heterocycles. The Morgan fingerprint density at radius 3 is 2.78 bits per heavy atom. The molecule has 1 saturated heterocycles. The predicted octanol–water partition coefficient (Wildman–Crippen LogP) is 3.81. The van der Waals surface area contributed by atoms with Crippen molar-refractivity contribution in [2.75, 3.05) is 23.8 Å². The molecule has 0 radical (unpaired) electrons. The van der Waals surface area contributed by atoms with Gasteiger partial charge in [0.25, 0.3) is 0 Å². The number of carboxylic acids is 1. The normalized spacial score (nSPS) is 15.4. The summed E-state index contributed by atoms with van der Waals surface area (Å²) < 4.78 is 7.37. The van der Waals surface area contributed by atoms with Gasteiger partial charge in [0.1, 0.15) is 28.8 Å². The van der Waals surface area contributed by atoms with Gasteiger partial charge in [-0.05, 0) is 43.2 Å². The van der Waals surface area contributed by atoms with Gasteiger partial charge in [0.2, 0.25) is 11.3 Å². The Morgan fingerprint density at radius 2 is 2.06 bits per heavy atom. The van der Waals surface area contributed by atoms with E-state index in [2.05, 4.69) is 9.97 Å². The number of rotatable bonds is 6. The van der Waals surface area contributed by atoms with Crippen molar-refractivity contribution in [2.24, 2.45) is 0 Å². The first-order chi connectivity index (χ1) is 17.3. The van der Waals surface area contributed by atoms with Crippen LogP contribution in [0.1, 0.15) is 23.2 Å². The fourth-order valence-corrected chi connectivity index (χ4v) is 4.68. The Labute approximate surface area is 214 Å². The third-order valence-corrected chi connectivity index (χ3v) is 6.54. The van der Waals surface area contributed by atoms with Crippen molar-refractivity contribution in [3.05, 3.63) is 74.8 Å². The highest BCUT2D eigenvalue weighted by molar-refractivity contribution is 6.33. The Hall–Kier alpha value is -3.89. The summed E-state index contributed by atoms with van der Waals surface area (Å²) in [6.45, 7) is 0.975. The smallest absolute Gasteiger partial charge is 0.341 e. The van der Waals surface area contributed by atoms with Crippen molar-refractivity contribution in [2.45, 2.75) is 18.9 Å². The quantitative estimate of drug-likeness (QED) is 0.384. The third kappa shape index (κ3) is 4.40. The summed E-state index contributed by atoms with van der Waals surface area (Å²) in [5.41, 5.74) is 5.36. The van der Waals surface area contributed by atoms with E-state index < -0.39 is 17.0 Å². The second-order valence-corrected chi connectivity index (χ2v) is 9.06. The van der Waals surface area contributed by atoms with Gasteiger partial charge in [0.05, 0.1) is 28.3 Å². The molecule has 0 aromatic carbocycles. The number of ether oxygens (including phenoxy) is 1. The highest BCUT2D eigenvalue weighted by Crippen LogP contribution is 2.33. The van der Waals surface area contributed by atoms with E-state index in [0.717, 1.165) is 12.8 Å². The first-order valence-corrected chi connectivity index (χ1v) is 11.8. The molecule has 5 rings (SSSR count). The van der Waals surface area contributed by atoms with Crippen molar-refractivity contribution in [1.29, 1.82) is 0 Å². The number of nitrogens with zero attached hydrogens (tertiary/aromatic N) is 5. The number of anilines is 2. The van der Waals surface area contributed by atoms with Gasteiger partial charge in [0, 0.05) is 18.9 Å². The number of nitrogens with two attached hydrogens (primary N) is 1. The molecule has 1 fully saturated rings. The Morgan fingerprint density at radius 1 is 1.22 bits per heavy atom. The largest absolute Gasteiger partial charge is 0.477 e. The van der Waals surface area contributed by atoms with Gasteiger partial charge >= 0.3 is 5.97 Å². The lowest BCUT2D eigenvalue weighted by Crippen LogP contribution is -2.35. The summed E-state index contributed by atoms with van der Waals surface area (Å²) in [7, 11) is 0. The minimum absolute atomic E-state index is 0.0674. The highest BCUT2D eigenvalue weighted by Gasteiger charge is 2.29. The molecular weight excluding hydrogens is 507 g/mol. The molecular formula is C24H20Cl2N6O4. The summed E-state index contributed by atoms with van der Waals surface area (Å²) >= 11 is 12.8. The number of aromatic carboxylic acids is 1. The molecule has 3 N–H and O–H groups in total. The molecule has 36 heavy (non-hydrogen) atoms. The minimum Gasteiger partial charge on any atom is -0.477 e. The van der Waals surface area contributed by atoms with Crippen molar-refractivity contribution >= 4 is 51.8 Å². The first kappa shape index (κ1) is 23.8. The zero-order valence-electron chi connectivity index (χ0n) is 18.8. The standard InChI is InChI=1S/C24H20Cl2N6O4/c25-17-4-1-7-28-23(17)36-12-14-3-2-8-31(14)22-18(26)9-15-20(33)16(24(34)35)11-32(21(15)30-22)13-5-6-19(27)29-10-13/h1,4-7,9-11,14H,2-3,8,12H2,(H2,27,29)(H,34,35)/t14-/m1/s1. The maximum Gasteiger partial charge on any atom is 0.341 e. The van der Waals surface area contributed by atoms with Gasteiger partial charge in [-0.25, -0.2) is 19.7 Å². The van der Waals surface area contributed by atoms with Gasteiger partial charge in [-0.3, -0.25) is 9.36 Å². The maximum atomic E-state index is 13.0. The van der Waals surface area contributed by atoms with Crippen LogP contribution in [-0.4, -0.2) is 49.8 Å². The fourth-order valence-electron chi connectivity index (χ4n) is 4.25. The first-order valence-electron chi connectivity index (χ1n) is 11.0. The van der Waals surface area contributed by atoms with Gasteiger partial charge in [-0.15, -0.1) is 0 Å². The van der Waals surface area contributed by atoms with E-state index in [1.54, 1.807) is 30.5 Å². The topological polar surface area (TPSA) is 136 Å². The van der Waals surface area contributed by atoms with Crippen LogP contribution in [-0.2, 0) is 0 Å². The lowest BCUT2D eigenvalue weighted by molar-refractivity contribution is 0.0695. The highest BCUT2D eigenvalue weighted by atomic mass is 35.5. The molecule has 184 valence electrons. The van der Waals surface area contributed by atoms with E-state index in [-0.39, 0.29) is 22.1 Å². The molecule has 5 heterocycles. The van der Waals surface area contributed by atoms with E-state index >= 15 is 0 Å². The van der Waals surface area contributed by atoms with E-state index in [1.165, 1.54) is 23.0 Å². The Bertz CT molecular complexity index is 1530. The van der Waals surface area contributed by atoms with Gasteiger partial charge < -0.3 is 20.5 Å². The average Bonchev–Trinajstić information content (AvgIpc) is 3.32. The number of halogens is 2. The molecule has 0 amide bonds. The molecule has 1 atom stereocenters. The van der Waals surface area contributed by atoms with Crippen molar-refractivity contribution in [3.8, 4) is 11.6 Å². The number of carboxylic acid groups (broad SMARTS) is 1. The number of pyridine rings is 4. The van der Waals surface area contributed by atoms with Crippen LogP contribution in [0.3, 0.4) is 0 Å². The molecule has 4 aromatic rings. The number of nitrogen functional groups attached to an aromatic ring is 1. The van der Waals surface area contributed by atoms with Gasteiger partial charge in [0.15, 0.2) is 5.65 Å². The van der Waals surface area contributed by atoms with E-state index in [1.807, 2.05) is 4.90 Å². The SMILES string of the molecule is Nc1ccc(-n2cc(C(=O)O)c(=O)c3cc(Cl)c(N4CCC[C@@H]4COc4ncccc4Cl)nc32)cn1. The molecule has 4 aromatic heterocycles. The summed E-state index contributed by atoms with van der Waals surface area (Å²) in [6, 6.07) is 8.06. The zero-order valence-corrected chi connectivity index (χ0v) is 20.3. The number of hydrogen-bond donors (Lipinski definition) is 2. The summed E-state index contributed by atoms with van der Waals surface area (Å²) in [5.74, 6) is -0.257. The molecule has 1 aliphatic rings. The second-order valence-electron chi connectivity index (χ2n) is 8.24.